The molecule has 3 aromatic rings. The van der Waals surface area contributed by atoms with Crippen LogP contribution in [0.3, 0.4) is 0 Å². The number of hydrogen-bond donors (Lipinski definition) is 1. The molecular formula is C18H14O3. The minimum atomic E-state index is -1.05. The van der Waals surface area contributed by atoms with Gasteiger partial charge in [0.15, 0.2) is 0 Å². The number of furan rings is 1. The van der Waals surface area contributed by atoms with E-state index < -0.39 is 5.97 Å². The van der Waals surface area contributed by atoms with Gasteiger partial charge in [0.25, 0.3) is 0 Å². The fourth-order valence-corrected chi connectivity index (χ4v) is 2.33. The van der Waals surface area contributed by atoms with Crippen LogP contribution in [0.25, 0.3) is 11.3 Å². The van der Waals surface area contributed by atoms with Crippen LogP contribution in [-0.4, -0.2) is 11.1 Å². The summed E-state index contributed by atoms with van der Waals surface area (Å²) in [7, 11) is 0. The highest BCUT2D eigenvalue weighted by atomic mass is 16.4. The van der Waals surface area contributed by atoms with E-state index in [-0.39, 0.29) is 5.76 Å². The highest BCUT2D eigenvalue weighted by Crippen LogP contribution is 2.27. The molecule has 0 radical (unpaired) electrons. The number of carboxylic acids is 1. The van der Waals surface area contributed by atoms with E-state index in [1.165, 1.54) is 11.6 Å². The second-order valence-corrected chi connectivity index (χ2v) is 4.79. The summed E-state index contributed by atoms with van der Waals surface area (Å²) < 4.78 is 5.41. The van der Waals surface area contributed by atoms with Crippen molar-refractivity contribution in [2.75, 3.05) is 0 Å². The van der Waals surface area contributed by atoms with Crippen LogP contribution in [-0.2, 0) is 6.42 Å². The van der Waals surface area contributed by atoms with Gasteiger partial charge in [-0.1, -0.05) is 54.6 Å². The summed E-state index contributed by atoms with van der Waals surface area (Å²) in [6.07, 6.45) is 0.778. The standard InChI is InChI=1S/C18H14O3/c19-18(20)17-11-10-16(21-17)15-9-5-4-8-14(15)12-13-6-2-1-3-7-13/h1-11H,12H2,(H,19,20). The van der Waals surface area contributed by atoms with E-state index in [1.807, 2.05) is 42.5 Å². The van der Waals surface area contributed by atoms with Gasteiger partial charge in [-0.15, -0.1) is 0 Å². The molecule has 0 bridgehead atoms. The third-order valence-corrected chi connectivity index (χ3v) is 3.34. The van der Waals surface area contributed by atoms with Crippen LogP contribution in [0.15, 0.2) is 71.1 Å². The summed E-state index contributed by atoms with van der Waals surface area (Å²) in [6.45, 7) is 0. The maximum Gasteiger partial charge on any atom is 0.371 e. The number of hydrogen-bond acceptors (Lipinski definition) is 2. The summed E-state index contributed by atoms with van der Waals surface area (Å²) in [5.41, 5.74) is 3.24. The lowest BCUT2D eigenvalue weighted by Crippen LogP contribution is -1.93. The van der Waals surface area contributed by atoms with Gasteiger partial charge in [0.2, 0.25) is 5.76 Å². The lowest BCUT2D eigenvalue weighted by molar-refractivity contribution is 0.0663. The lowest BCUT2D eigenvalue weighted by atomic mass is 9.98. The molecule has 3 heteroatoms. The average molecular weight is 278 g/mol. The summed E-state index contributed by atoms with van der Waals surface area (Å²) in [5, 5.41) is 8.96. The number of carboxylic acid groups (broad SMARTS) is 1. The summed E-state index contributed by atoms with van der Waals surface area (Å²) in [6, 6.07) is 21.2. The molecule has 1 heterocycles. The molecule has 21 heavy (non-hydrogen) atoms. The molecule has 0 saturated heterocycles. The lowest BCUT2D eigenvalue weighted by Gasteiger charge is -2.07. The molecule has 0 saturated carbocycles. The number of aromatic carboxylic acids is 1. The van der Waals surface area contributed by atoms with E-state index in [0.29, 0.717) is 5.76 Å². The summed E-state index contributed by atoms with van der Waals surface area (Å²) >= 11 is 0. The first kappa shape index (κ1) is 13.2. The van der Waals surface area contributed by atoms with Crippen LogP contribution >= 0.6 is 0 Å². The quantitative estimate of drug-likeness (QED) is 0.776. The zero-order valence-electron chi connectivity index (χ0n) is 11.3. The normalized spacial score (nSPS) is 10.5. The van der Waals surface area contributed by atoms with Crippen LogP contribution in [0.1, 0.15) is 21.7 Å². The predicted molar refractivity (Wildman–Crippen MR) is 80.4 cm³/mol. The van der Waals surface area contributed by atoms with Gasteiger partial charge in [0.05, 0.1) is 0 Å². The second-order valence-electron chi connectivity index (χ2n) is 4.79. The maximum absolute atomic E-state index is 10.9. The van der Waals surface area contributed by atoms with Crippen molar-refractivity contribution in [1.82, 2.24) is 0 Å². The van der Waals surface area contributed by atoms with Gasteiger partial charge in [-0.25, -0.2) is 4.79 Å². The highest BCUT2D eigenvalue weighted by Gasteiger charge is 2.13. The van der Waals surface area contributed by atoms with Crippen molar-refractivity contribution in [3.63, 3.8) is 0 Å². The van der Waals surface area contributed by atoms with E-state index >= 15 is 0 Å². The first-order valence-corrected chi connectivity index (χ1v) is 6.69. The molecule has 0 aliphatic carbocycles. The van der Waals surface area contributed by atoms with Gasteiger partial charge in [-0.2, -0.15) is 0 Å². The Labute approximate surface area is 122 Å². The molecular weight excluding hydrogens is 264 g/mol. The third-order valence-electron chi connectivity index (χ3n) is 3.34. The molecule has 0 spiro atoms. The van der Waals surface area contributed by atoms with E-state index in [0.717, 1.165) is 17.5 Å². The Kier molecular flexibility index (Phi) is 3.56. The van der Waals surface area contributed by atoms with Crippen molar-refractivity contribution in [2.45, 2.75) is 6.42 Å². The number of benzene rings is 2. The van der Waals surface area contributed by atoms with Crippen molar-refractivity contribution in [3.8, 4) is 11.3 Å². The van der Waals surface area contributed by atoms with E-state index in [4.69, 9.17) is 9.52 Å². The van der Waals surface area contributed by atoms with Gasteiger partial charge < -0.3 is 9.52 Å². The van der Waals surface area contributed by atoms with Crippen molar-refractivity contribution in [2.24, 2.45) is 0 Å². The minimum Gasteiger partial charge on any atom is -0.475 e. The Hall–Kier alpha value is -2.81. The maximum atomic E-state index is 10.9. The van der Waals surface area contributed by atoms with Gasteiger partial charge in [0.1, 0.15) is 5.76 Å². The first-order valence-electron chi connectivity index (χ1n) is 6.69. The van der Waals surface area contributed by atoms with Crippen LogP contribution in [0.2, 0.25) is 0 Å². The monoisotopic (exact) mass is 278 g/mol. The minimum absolute atomic E-state index is 0.0421. The van der Waals surface area contributed by atoms with E-state index in [2.05, 4.69) is 12.1 Å². The van der Waals surface area contributed by atoms with Gasteiger partial charge >= 0.3 is 5.97 Å². The van der Waals surface area contributed by atoms with Crippen LogP contribution in [0.4, 0.5) is 0 Å². The van der Waals surface area contributed by atoms with E-state index in [1.54, 1.807) is 6.07 Å². The zero-order chi connectivity index (χ0) is 14.7. The summed E-state index contributed by atoms with van der Waals surface area (Å²) in [5.74, 6) is -0.514. The molecule has 2 aromatic carbocycles. The molecule has 1 aromatic heterocycles. The van der Waals surface area contributed by atoms with E-state index in [9.17, 15) is 4.79 Å². The van der Waals surface area contributed by atoms with Crippen molar-refractivity contribution in [3.05, 3.63) is 83.6 Å². The van der Waals surface area contributed by atoms with Gasteiger partial charge in [0, 0.05) is 5.56 Å². The smallest absolute Gasteiger partial charge is 0.371 e. The van der Waals surface area contributed by atoms with Crippen LogP contribution in [0.5, 0.6) is 0 Å². The van der Waals surface area contributed by atoms with Gasteiger partial charge in [-0.3, -0.25) is 0 Å². The molecule has 0 atom stereocenters. The van der Waals surface area contributed by atoms with Crippen LogP contribution < -0.4 is 0 Å². The van der Waals surface area contributed by atoms with Crippen molar-refractivity contribution < 1.29 is 14.3 Å². The first-order chi connectivity index (χ1) is 10.2. The molecule has 0 fully saturated rings. The summed E-state index contributed by atoms with van der Waals surface area (Å²) in [4.78, 5) is 10.9. The largest absolute Gasteiger partial charge is 0.475 e. The topological polar surface area (TPSA) is 50.4 Å². The Balaban J connectivity index is 1.97. The SMILES string of the molecule is O=C(O)c1ccc(-c2ccccc2Cc2ccccc2)o1. The molecule has 0 amide bonds. The predicted octanol–water partition coefficient (Wildman–Crippen LogP) is 4.24. The Morgan fingerprint density at radius 1 is 0.905 bits per heavy atom. The molecule has 3 nitrogen and oxygen atoms in total. The Bertz CT molecular complexity index is 757. The average Bonchev–Trinajstić information content (AvgIpc) is 2.99. The second kappa shape index (κ2) is 5.67. The highest BCUT2D eigenvalue weighted by molar-refractivity contribution is 5.85. The van der Waals surface area contributed by atoms with Crippen molar-refractivity contribution >= 4 is 5.97 Å². The molecule has 0 aliphatic rings. The molecule has 0 aliphatic heterocycles. The molecule has 0 unspecified atom stereocenters. The molecule has 1 N–H and O–H groups in total. The zero-order valence-corrected chi connectivity index (χ0v) is 11.3. The Morgan fingerprint density at radius 2 is 1.62 bits per heavy atom. The van der Waals surface area contributed by atoms with Crippen molar-refractivity contribution in [1.29, 1.82) is 0 Å². The van der Waals surface area contributed by atoms with Crippen LogP contribution in [0, 0.1) is 0 Å². The number of carbonyl (C=O) groups is 1. The fraction of sp³-hybridized carbons (Fsp3) is 0.0556. The molecule has 104 valence electrons. The Morgan fingerprint density at radius 3 is 2.33 bits per heavy atom. The van der Waals surface area contributed by atoms with Gasteiger partial charge in [-0.05, 0) is 29.7 Å². The number of rotatable bonds is 4. The third kappa shape index (κ3) is 2.87. The fourth-order valence-electron chi connectivity index (χ4n) is 2.33. The molecule has 3 rings (SSSR count).